The summed E-state index contributed by atoms with van der Waals surface area (Å²) >= 11 is 5.88. The molecule has 0 atom stereocenters. The molecule has 0 spiro atoms. The van der Waals surface area contributed by atoms with Crippen LogP contribution in [0.25, 0.3) is 11.1 Å². The molecule has 1 fully saturated rings. The lowest BCUT2D eigenvalue weighted by molar-refractivity contribution is -0.130. The molecule has 2 N–H and O–H groups in total. The Morgan fingerprint density at radius 3 is 2.32 bits per heavy atom. The van der Waals surface area contributed by atoms with Crippen molar-refractivity contribution in [2.75, 3.05) is 31.8 Å². The van der Waals surface area contributed by atoms with Crippen LogP contribution in [0.3, 0.4) is 0 Å². The molecule has 1 aliphatic rings. The molecular formula is C26H29ClN6O5. The first-order valence-corrected chi connectivity index (χ1v) is 12.5. The summed E-state index contributed by atoms with van der Waals surface area (Å²) < 4.78 is 5.80. The number of hydrogen-bond acceptors (Lipinski definition) is 7. The van der Waals surface area contributed by atoms with Gasteiger partial charge < -0.3 is 24.9 Å². The molecule has 0 aliphatic heterocycles. The molecule has 200 valence electrons. The minimum Gasteiger partial charge on any atom is -0.447 e. The van der Waals surface area contributed by atoms with Crippen molar-refractivity contribution in [3.63, 3.8) is 0 Å². The molecule has 0 aromatic carbocycles. The van der Waals surface area contributed by atoms with Crippen molar-refractivity contribution >= 4 is 57.8 Å². The molecular weight excluding hydrogens is 512 g/mol. The Labute approximate surface area is 224 Å². The lowest BCUT2D eigenvalue weighted by atomic mass is 9.85. The van der Waals surface area contributed by atoms with Crippen LogP contribution in [0, 0.1) is 5.92 Å². The number of rotatable bonds is 6. The second-order valence-electron chi connectivity index (χ2n) is 9.49. The molecule has 3 heterocycles. The number of hydrogen-bond donors (Lipinski definition) is 2. The Morgan fingerprint density at radius 1 is 1.00 bits per heavy atom. The van der Waals surface area contributed by atoms with Crippen LogP contribution in [-0.2, 0) is 9.59 Å². The summed E-state index contributed by atoms with van der Waals surface area (Å²) in [4.78, 5) is 62.3. The Balaban J connectivity index is 1.63. The zero-order valence-electron chi connectivity index (χ0n) is 21.6. The van der Waals surface area contributed by atoms with Crippen LogP contribution in [0.5, 0.6) is 0 Å². The third-order valence-corrected chi connectivity index (χ3v) is 6.92. The highest BCUT2D eigenvalue weighted by atomic mass is 35.5. The number of fused-ring (bicyclic) bond motifs is 1. The number of nitrogens with zero attached hydrogens (tertiary/aromatic N) is 4. The fraction of sp³-hybridized carbons (Fsp3) is 0.385. The first kappa shape index (κ1) is 27.1. The third-order valence-electron chi connectivity index (χ3n) is 6.69. The zero-order chi connectivity index (χ0) is 27.6. The SMILES string of the molecule is CC(=O)N(C)C1CCC(C(=O)Nc2c(C(=O)Nc3ccc(Cl)cn3)oc3ccc(C(=O)N(C)C)nc23)CC1. The van der Waals surface area contributed by atoms with Gasteiger partial charge in [-0.25, -0.2) is 9.97 Å². The van der Waals surface area contributed by atoms with E-state index >= 15 is 0 Å². The molecule has 3 aromatic heterocycles. The van der Waals surface area contributed by atoms with Gasteiger partial charge in [-0.05, 0) is 49.9 Å². The highest BCUT2D eigenvalue weighted by Gasteiger charge is 2.32. The van der Waals surface area contributed by atoms with E-state index in [9.17, 15) is 19.2 Å². The summed E-state index contributed by atoms with van der Waals surface area (Å²) in [5.74, 6) is -1.55. The average Bonchev–Trinajstić information content (AvgIpc) is 3.26. The molecule has 0 bridgehead atoms. The fourth-order valence-electron chi connectivity index (χ4n) is 4.43. The van der Waals surface area contributed by atoms with Crippen LogP contribution in [0.15, 0.2) is 34.9 Å². The third kappa shape index (κ3) is 5.77. The van der Waals surface area contributed by atoms with Gasteiger partial charge in [-0.2, -0.15) is 0 Å². The van der Waals surface area contributed by atoms with Gasteiger partial charge in [0.2, 0.25) is 17.6 Å². The molecule has 12 heteroatoms. The first-order chi connectivity index (χ1) is 18.0. The first-order valence-electron chi connectivity index (χ1n) is 12.2. The van der Waals surface area contributed by atoms with Gasteiger partial charge in [0.25, 0.3) is 11.8 Å². The van der Waals surface area contributed by atoms with E-state index in [1.54, 1.807) is 32.1 Å². The van der Waals surface area contributed by atoms with Gasteiger partial charge in [-0.3, -0.25) is 19.2 Å². The highest BCUT2D eigenvalue weighted by molar-refractivity contribution is 6.30. The Bertz CT molecular complexity index is 1380. The van der Waals surface area contributed by atoms with Crippen LogP contribution in [0.4, 0.5) is 11.5 Å². The number of amides is 4. The van der Waals surface area contributed by atoms with Crippen LogP contribution in [0.1, 0.15) is 53.7 Å². The van der Waals surface area contributed by atoms with Crippen molar-refractivity contribution in [2.45, 2.75) is 38.6 Å². The molecule has 0 unspecified atom stereocenters. The summed E-state index contributed by atoms with van der Waals surface area (Å²) in [6, 6.07) is 6.22. The molecule has 3 aromatic rings. The topological polar surface area (TPSA) is 138 Å². The van der Waals surface area contributed by atoms with Crippen LogP contribution < -0.4 is 10.6 Å². The van der Waals surface area contributed by atoms with E-state index in [1.165, 1.54) is 36.2 Å². The summed E-state index contributed by atoms with van der Waals surface area (Å²) in [7, 11) is 4.97. The monoisotopic (exact) mass is 540 g/mol. The zero-order valence-corrected chi connectivity index (χ0v) is 22.3. The maximum Gasteiger partial charge on any atom is 0.294 e. The Kier molecular flexibility index (Phi) is 7.96. The number of pyridine rings is 2. The quantitative estimate of drug-likeness (QED) is 0.485. The van der Waals surface area contributed by atoms with E-state index in [1.807, 2.05) is 0 Å². The van der Waals surface area contributed by atoms with E-state index in [0.29, 0.717) is 30.7 Å². The summed E-state index contributed by atoms with van der Waals surface area (Å²) in [6.07, 6.45) is 3.93. The number of furan rings is 1. The summed E-state index contributed by atoms with van der Waals surface area (Å²) in [6.45, 7) is 1.53. The average molecular weight is 541 g/mol. The van der Waals surface area contributed by atoms with E-state index in [2.05, 4.69) is 20.6 Å². The second-order valence-corrected chi connectivity index (χ2v) is 9.93. The number of nitrogens with one attached hydrogen (secondary N) is 2. The highest BCUT2D eigenvalue weighted by Crippen LogP contribution is 2.33. The van der Waals surface area contributed by atoms with Crippen molar-refractivity contribution in [1.82, 2.24) is 19.8 Å². The molecule has 11 nitrogen and oxygen atoms in total. The van der Waals surface area contributed by atoms with Gasteiger partial charge in [0.05, 0.1) is 5.02 Å². The lowest BCUT2D eigenvalue weighted by Gasteiger charge is -2.33. The Hall–Kier alpha value is -3.99. The maximum absolute atomic E-state index is 13.3. The number of aromatic nitrogens is 2. The molecule has 0 radical (unpaired) electrons. The lowest BCUT2D eigenvalue weighted by Crippen LogP contribution is -2.40. The number of halogens is 1. The van der Waals surface area contributed by atoms with Crippen LogP contribution in [-0.4, -0.2) is 70.6 Å². The van der Waals surface area contributed by atoms with E-state index in [4.69, 9.17) is 16.0 Å². The number of carbonyl (C=O) groups is 4. The van der Waals surface area contributed by atoms with Crippen LogP contribution >= 0.6 is 11.6 Å². The van der Waals surface area contributed by atoms with Gasteiger partial charge in [0.1, 0.15) is 22.7 Å². The van der Waals surface area contributed by atoms with Gasteiger partial charge in [-0.1, -0.05) is 11.6 Å². The predicted molar refractivity (Wildman–Crippen MR) is 142 cm³/mol. The minimum absolute atomic E-state index is 0.0113. The van der Waals surface area contributed by atoms with Crippen molar-refractivity contribution in [3.8, 4) is 0 Å². The van der Waals surface area contributed by atoms with Crippen molar-refractivity contribution in [3.05, 3.63) is 46.9 Å². The minimum atomic E-state index is -0.652. The fourth-order valence-corrected chi connectivity index (χ4v) is 4.54. The van der Waals surface area contributed by atoms with Crippen molar-refractivity contribution in [1.29, 1.82) is 0 Å². The van der Waals surface area contributed by atoms with E-state index in [0.717, 1.165) is 0 Å². The van der Waals surface area contributed by atoms with Gasteiger partial charge in [-0.15, -0.1) is 0 Å². The van der Waals surface area contributed by atoms with Gasteiger partial charge >= 0.3 is 0 Å². The summed E-state index contributed by atoms with van der Waals surface area (Å²) in [5.41, 5.74) is 0.632. The van der Waals surface area contributed by atoms with Crippen molar-refractivity contribution < 1.29 is 23.6 Å². The Morgan fingerprint density at radius 2 is 1.71 bits per heavy atom. The molecule has 38 heavy (non-hydrogen) atoms. The maximum atomic E-state index is 13.3. The molecule has 0 saturated heterocycles. The number of anilines is 2. The predicted octanol–water partition coefficient (Wildman–Crippen LogP) is 3.81. The number of carbonyl (C=O) groups excluding carboxylic acids is 4. The largest absolute Gasteiger partial charge is 0.447 e. The standard InChI is InChI=1S/C26H29ClN6O5/c1-14(34)33(4)17-8-5-15(6-9-17)24(35)31-22-21-19(11-10-18(29-21)26(37)32(2)3)38-23(22)25(36)30-20-12-7-16(27)13-28-20/h7,10-13,15,17H,5-6,8-9H2,1-4H3,(H,31,35)(H,28,30,36). The molecule has 1 saturated carbocycles. The summed E-state index contributed by atoms with van der Waals surface area (Å²) in [5, 5.41) is 5.88. The molecule has 1 aliphatic carbocycles. The van der Waals surface area contributed by atoms with Gasteiger partial charge in [0.15, 0.2) is 5.58 Å². The molecule has 4 amide bonds. The van der Waals surface area contributed by atoms with E-state index < -0.39 is 5.91 Å². The van der Waals surface area contributed by atoms with Crippen molar-refractivity contribution in [2.24, 2.45) is 5.92 Å². The smallest absolute Gasteiger partial charge is 0.294 e. The normalized spacial score (nSPS) is 17.1. The molecule has 4 rings (SSSR count). The van der Waals surface area contributed by atoms with Crippen LogP contribution in [0.2, 0.25) is 5.02 Å². The van der Waals surface area contributed by atoms with E-state index in [-0.39, 0.29) is 63.7 Å². The van der Waals surface area contributed by atoms with Gasteiger partial charge in [0, 0.05) is 46.2 Å². The second kappa shape index (κ2) is 11.2.